The van der Waals surface area contributed by atoms with Crippen LogP contribution in [0.4, 0.5) is 5.69 Å². The molecule has 0 aliphatic heterocycles. The molecule has 0 unspecified atom stereocenters. The molecule has 2 heterocycles. The number of nitrogens with one attached hydrogen (secondary N) is 1. The first-order chi connectivity index (χ1) is 17.6. The van der Waals surface area contributed by atoms with E-state index in [4.69, 9.17) is 14.6 Å². The average Bonchev–Trinajstić information content (AvgIpc) is 3.34. The fourth-order valence-corrected chi connectivity index (χ4v) is 4.37. The lowest BCUT2D eigenvalue weighted by Gasteiger charge is -2.09. The third-order valence-electron chi connectivity index (χ3n) is 5.49. The Morgan fingerprint density at radius 1 is 0.833 bits per heavy atom. The number of hydrogen-bond donors (Lipinski definition) is 1. The van der Waals surface area contributed by atoms with Gasteiger partial charge in [0, 0.05) is 29.4 Å². The normalized spacial score (nSPS) is 10.8. The van der Waals surface area contributed by atoms with E-state index in [0.29, 0.717) is 28.0 Å². The standard InChI is InChI=1S/C27H23N5O3S/c1-34-22-14-21(15-23(16-22)35-2)28-26(33)17-36-27-30-29-25-13-12-24(31-32(25)27)20-10-8-19(9-11-20)18-6-4-3-5-7-18/h3-16H,17H2,1-2H3,(H,28,33). The summed E-state index contributed by atoms with van der Waals surface area (Å²) in [6.07, 6.45) is 0. The van der Waals surface area contributed by atoms with Crippen molar-refractivity contribution in [3.05, 3.63) is 84.9 Å². The molecule has 9 heteroatoms. The Morgan fingerprint density at radius 2 is 1.50 bits per heavy atom. The molecule has 0 spiro atoms. The summed E-state index contributed by atoms with van der Waals surface area (Å²) in [5, 5.41) is 16.5. The number of carbonyl (C=O) groups excluding carboxylic acids is 1. The van der Waals surface area contributed by atoms with Gasteiger partial charge in [-0.2, -0.15) is 9.61 Å². The number of rotatable bonds is 8. The molecular formula is C27H23N5O3S. The molecule has 0 atom stereocenters. The van der Waals surface area contributed by atoms with Crippen molar-refractivity contribution < 1.29 is 14.3 Å². The highest BCUT2D eigenvalue weighted by Gasteiger charge is 2.13. The van der Waals surface area contributed by atoms with Crippen LogP contribution in [-0.2, 0) is 4.79 Å². The van der Waals surface area contributed by atoms with Gasteiger partial charge in [-0.25, -0.2) is 0 Å². The second kappa shape index (κ2) is 10.5. The van der Waals surface area contributed by atoms with Crippen molar-refractivity contribution in [3.63, 3.8) is 0 Å². The maximum absolute atomic E-state index is 12.6. The van der Waals surface area contributed by atoms with E-state index in [-0.39, 0.29) is 11.7 Å². The van der Waals surface area contributed by atoms with Crippen molar-refractivity contribution in [1.82, 2.24) is 19.8 Å². The van der Waals surface area contributed by atoms with Crippen LogP contribution in [0.5, 0.6) is 11.5 Å². The molecule has 36 heavy (non-hydrogen) atoms. The third kappa shape index (κ3) is 5.16. The molecule has 1 amide bonds. The first-order valence-corrected chi connectivity index (χ1v) is 12.2. The molecule has 0 radical (unpaired) electrons. The van der Waals surface area contributed by atoms with Crippen molar-refractivity contribution in [3.8, 4) is 33.9 Å². The molecule has 1 N–H and O–H groups in total. The maximum atomic E-state index is 12.6. The van der Waals surface area contributed by atoms with Crippen molar-refractivity contribution in [2.75, 3.05) is 25.3 Å². The number of carbonyl (C=O) groups is 1. The topological polar surface area (TPSA) is 90.6 Å². The molecule has 5 rings (SSSR count). The van der Waals surface area contributed by atoms with E-state index in [1.54, 1.807) is 36.9 Å². The molecule has 8 nitrogen and oxygen atoms in total. The summed E-state index contributed by atoms with van der Waals surface area (Å²) in [6, 6.07) is 27.5. The molecule has 0 aliphatic rings. The summed E-state index contributed by atoms with van der Waals surface area (Å²) in [7, 11) is 3.12. The summed E-state index contributed by atoms with van der Waals surface area (Å²) in [4.78, 5) is 12.6. The predicted octanol–water partition coefficient (Wildman–Crippen LogP) is 5.21. The van der Waals surface area contributed by atoms with Crippen molar-refractivity contribution >= 4 is 29.0 Å². The third-order valence-corrected chi connectivity index (χ3v) is 6.41. The summed E-state index contributed by atoms with van der Waals surface area (Å²) in [5.74, 6) is 1.13. The maximum Gasteiger partial charge on any atom is 0.234 e. The molecule has 2 aromatic heterocycles. The molecular weight excluding hydrogens is 474 g/mol. The van der Waals surface area contributed by atoms with Gasteiger partial charge in [-0.1, -0.05) is 66.4 Å². The monoisotopic (exact) mass is 497 g/mol. The number of hydrogen-bond acceptors (Lipinski definition) is 7. The van der Waals surface area contributed by atoms with Gasteiger partial charge in [0.05, 0.1) is 25.7 Å². The zero-order valence-electron chi connectivity index (χ0n) is 19.7. The smallest absolute Gasteiger partial charge is 0.234 e. The van der Waals surface area contributed by atoms with Gasteiger partial charge in [0.1, 0.15) is 11.5 Å². The molecule has 0 saturated heterocycles. The Morgan fingerprint density at radius 3 is 2.19 bits per heavy atom. The van der Waals surface area contributed by atoms with Gasteiger partial charge in [0.25, 0.3) is 0 Å². The van der Waals surface area contributed by atoms with Crippen LogP contribution >= 0.6 is 11.8 Å². The Kier molecular flexibility index (Phi) is 6.81. The van der Waals surface area contributed by atoms with Crippen LogP contribution < -0.4 is 14.8 Å². The van der Waals surface area contributed by atoms with E-state index in [0.717, 1.165) is 22.4 Å². The Balaban J connectivity index is 1.30. The molecule has 0 saturated carbocycles. The summed E-state index contributed by atoms with van der Waals surface area (Å²) in [5.41, 5.74) is 5.27. The quantitative estimate of drug-likeness (QED) is 0.295. The van der Waals surface area contributed by atoms with Crippen LogP contribution in [0.2, 0.25) is 0 Å². The van der Waals surface area contributed by atoms with Gasteiger partial charge in [-0.15, -0.1) is 10.2 Å². The fourth-order valence-electron chi connectivity index (χ4n) is 3.68. The van der Waals surface area contributed by atoms with Gasteiger partial charge in [-0.3, -0.25) is 4.79 Å². The molecule has 180 valence electrons. The van der Waals surface area contributed by atoms with Gasteiger partial charge in [0.15, 0.2) is 5.65 Å². The van der Waals surface area contributed by atoms with Crippen molar-refractivity contribution in [2.45, 2.75) is 5.16 Å². The first kappa shape index (κ1) is 23.4. The first-order valence-electron chi connectivity index (χ1n) is 11.2. The zero-order chi connectivity index (χ0) is 24.9. The minimum absolute atomic E-state index is 0.137. The second-order valence-electron chi connectivity index (χ2n) is 7.85. The van der Waals surface area contributed by atoms with Gasteiger partial charge >= 0.3 is 0 Å². The van der Waals surface area contributed by atoms with E-state index in [2.05, 4.69) is 39.8 Å². The summed E-state index contributed by atoms with van der Waals surface area (Å²) in [6.45, 7) is 0. The zero-order valence-corrected chi connectivity index (χ0v) is 20.5. The number of methoxy groups -OCH3 is 2. The van der Waals surface area contributed by atoms with E-state index in [9.17, 15) is 4.79 Å². The largest absolute Gasteiger partial charge is 0.497 e. The fraction of sp³-hybridized carbons (Fsp3) is 0.111. The lowest BCUT2D eigenvalue weighted by molar-refractivity contribution is -0.113. The van der Waals surface area contributed by atoms with E-state index in [1.807, 2.05) is 42.5 Å². The number of thioether (sulfide) groups is 1. The predicted molar refractivity (Wildman–Crippen MR) is 141 cm³/mol. The van der Waals surface area contributed by atoms with Gasteiger partial charge < -0.3 is 14.8 Å². The highest BCUT2D eigenvalue weighted by molar-refractivity contribution is 7.99. The second-order valence-corrected chi connectivity index (χ2v) is 8.80. The van der Waals surface area contributed by atoms with Crippen LogP contribution in [0.15, 0.2) is 90.1 Å². The Labute approximate surface area is 212 Å². The number of ether oxygens (including phenoxy) is 2. The van der Waals surface area contributed by atoms with E-state index in [1.165, 1.54) is 11.8 Å². The van der Waals surface area contributed by atoms with Crippen molar-refractivity contribution in [1.29, 1.82) is 0 Å². The number of amides is 1. The van der Waals surface area contributed by atoms with E-state index < -0.39 is 0 Å². The molecule has 0 fully saturated rings. The summed E-state index contributed by atoms with van der Waals surface area (Å²) < 4.78 is 12.2. The van der Waals surface area contributed by atoms with E-state index >= 15 is 0 Å². The van der Waals surface area contributed by atoms with Crippen LogP contribution in [0.25, 0.3) is 28.0 Å². The number of benzene rings is 3. The number of aromatic nitrogens is 4. The van der Waals surface area contributed by atoms with Crippen LogP contribution in [0, 0.1) is 0 Å². The molecule has 0 aliphatic carbocycles. The SMILES string of the molecule is COc1cc(NC(=O)CSc2nnc3ccc(-c4ccc(-c5ccccc5)cc4)nn23)cc(OC)c1. The Hall–Kier alpha value is -4.37. The van der Waals surface area contributed by atoms with Crippen molar-refractivity contribution in [2.24, 2.45) is 0 Å². The number of anilines is 1. The van der Waals surface area contributed by atoms with Crippen LogP contribution in [0.3, 0.4) is 0 Å². The summed E-state index contributed by atoms with van der Waals surface area (Å²) >= 11 is 1.26. The molecule has 5 aromatic rings. The van der Waals surface area contributed by atoms with Gasteiger partial charge in [-0.05, 0) is 23.3 Å². The minimum atomic E-state index is -0.195. The van der Waals surface area contributed by atoms with Crippen LogP contribution in [0.1, 0.15) is 0 Å². The molecule has 0 bridgehead atoms. The Bertz CT molecular complexity index is 1480. The lowest BCUT2D eigenvalue weighted by atomic mass is 10.0. The molecule has 3 aromatic carbocycles. The average molecular weight is 498 g/mol. The number of fused-ring (bicyclic) bond motifs is 1. The lowest BCUT2D eigenvalue weighted by Crippen LogP contribution is -2.14. The number of nitrogens with zero attached hydrogens (tertiary/aromatic N) is 4. The van der Waals surface area contributed by atoms with Crippen LogP contribution in [-0.4, -0.2) is 45.7 Å². The highest BCUT2D eigenvalue weighted by Crippen LogP contribution is 2.27. The van der Waals surface area contributed by atoms with Gasteiger partial charge in [0.2, 0.25) is 11.1 Å². The minimum Gasteiger partial charge on any atom is -0.497 e. The highest BCUT2D eigenvalue weighted by atomic mass is 32.2.